The fourth-order valence-corrected chi connectivity index (χ4v) is 4.45. The van der Waals surface area contributed by atoms with Crippen molar-refractivity contribution in [2.24, 2.45) is 16.8 Å². The number of methoxy groups -OCH3 is 1. The van der Waals surface area contributed by atoms with Crippen molar-refractivity contribution in [3.8, 4) is 0 Å². The molecule has 3 unspecified atom stereocenters. The van der Waals surface area contributed by atoms with Gasteiger partial charge in [0.15, 0.2) is 5.96 Å². The van der Waals surface area contributed by atoms with Crippen molar-refractivity contribution >= 4 is 23.5 Å². The minimum atomic E-state index is -0.155. The third kappa shape index (κ3) is 5.21. The third-order valence-corrected chi connectivity index (χ3v) is 6.18. The van der Waals surface area contributed by atoms with E-state index in [4.69, 9.17) is 21.1 Å². The molecule has 0 amide bonds. The number of esters is 1. The number of hydrogen-bond donors (Lipinski definition) is 1. The number of ether oxygens (including phenoxy) is 2. The number of carbonyl (C=O) groups excluding carboxylic acids is 1. The van der Waals surface area contributed by atoms with E-state index in [-0.39, 0.29) is 23.8 Å². The number of guanidine groups is 1. The summed E-state index contributed by atoms with van der Waals surface area (Å²) < 4.78 is 10.5. The van der Waals surface area contributed by atoms with Gasteiger partial charge in [-0.25, -0.2) is 0 Å². The number of hydrogen-bond acceptors (Lipinski definition) is 5. The molecule has 29 heavy (non-hydrogen) atoms. The SMILES string of the molecule is CN=C(NCC(c1ccccc1Cl)N1CCOCC1)N1CC(C)C(C(=O)OC)C1. The predicted octanol–water partition coefficient (Wildman–Crippen LogP) is 2.03. The molecule has 0 spiro atoms. The minimum Gasteiger partial charge on any atom is -0.469 e. The highest BCUT2D eigenvalue weighted by molar-refractivity contribution is 6.31. The van der Waals surface area contributed by atoms with E-state index in [0.29, 0.717) is 13.1 Å². The van der Waals surface area contributed by atoms with Gasteiger partial charge in [-0.3, -0.25) is 14.7 Å². The average molecular weight is 423 g/mol. The van der Waals surface area contributed by atoms with Gasteiger partial charge in [-0.15, -0.1) is 0 Å². The lowest BCUT2D eigenvalue weighted by Gasteiger charge is -2.36. The number of benzene rings is 1. The number of rotatable bonds is 5. The molecule has 7 nitrogen and oxygen atoms in total. The second-order valence-electron chi connectivity index (χ2n) is 7.63. The van der Waals surface area contributed by atoms with E-state index in [1.54, 1.807) is 7.05 Å². The Labute approximate surface area is 178 Å². The van der Waals surface area contributed by atoms with Crippen LogP contribution < -0.4 is 5.32 Å². The van der Waals surface area contributed by atoms with Crippen molar-refractivity contribution in [2.75, 3.05) is 60.1 Å². The molecule has 2 fully saturated rings. The van der Waals surface area contributed by atoms with Crippen LogP contribution in [0.2, 0.25) is 5.02 Å². The summed E-state index contributed by atoms with van der Waals surface area (Å²) in [7, 11) is 3.22. The predicted molar refractivity (Wildman–Crippen MR) is 114 cm³/mol. The summed E-state index contributed by atoms with van der Waals surface area (Å²) in [6.07, 6.45) is 0. The van der Waals surface area contributed by atoms with Gasteiger partial charge in [0.1, 0.15) is 0 Å². The molecule has 1 N–H and O–H groups in total. The molecule has 160 valence electrons. The van der Waals surface area contributed by atoms with Gasteiger partial charge in [-0.2, -0.15) is 0 Å². The largest absolute Gasteiger partial charge is 0.469 e. The van der Waals surface area contributed by atoms with E-state index in [1.807, 2.05) is 18.2 Å². The lowest BCUT2D eigenvalue weighted by atomic mass is 9.99. The Balaban J connectivity index is 1.71. The summed E-state index contributed by atoms with van der Waals surface area (Å²) in [5.74, 6) is 0.739. The van der Waals surface area contributed by atoms with Crippen LogP contribution in [0.5, 0.6) is 0 Å². The zero-order valence-electron chi connectivity index (χ0n) is 17.4. The number of halogens is 1. The molecule has 2 aliphatic rings. The van der Waals surface area contributed by atoms with Crippen LogP contribution in [0.15, 0.2) is 29.3 Å². The van der Waals surface area contributed by atoms with Crippen LogP contribution in [0.4, 0.5) is 0 Å². The fraction of sp³-hybridized carbons (Fsp3) is 0.619. The van der Waals surface area contributed by atoms with Crippen molar-refractivity contribution < 1.29 is 14.3 Å². The summed E-state index contributed by atoms with van der Waals surface area (Å²) in [6, 6.07) is 8.10. The molecule has 1 aromatic carbocycles. The second kappa shape index (κ2) is 10.3. The molecule has 1 aromatic rings. The first-order valence-corrected chi connectivity index (χ1v) is 10.5. The van der Waals surface area contributed by atoms with Crippen molar-refractivity contribution in [1.29, 1.82) is 0 Å². The van der Waals surface area contributed by atoms with Gasteiger partial charge in [0.25, 0.3) is 0 Å². The van der Waals surface area contributed by atoms with Gasteiger partial charge in [0, 0.05) is 44.8 Å². The number of aliphatic imine (C=N–C) groups is 1. The quantitative estimate of drug-likeness (QED) is 0.445. The van der Waals surface area contributed by atoms with Crippen LogP contribution in [0.3, 0.4) is 0 Å². The highest BCUT2D eigenvalue weighted by Gasteiger charge is 2.37. The number of morpholine rings is 1. The van der Waals surface area contributed by atoms with Gasteiger partial charge in [-0.05, 0) is 17.5 Å². The Bertz CT molecular complexity index is 724. The zero-order chi connectivity index (χ0) is 20.8. The van der Waals surface area contributed by atoms with Crippen molar-refractivity contribution in [2.45, 2.75) is 13.0 Å². The minimum absolute atomic E-state index is 0.112. The summed E-state index contributed by atoms with van der Waals surface area (Å²) in [4.78, 5) is 21.0. The van der Waals surface area contributed by atoms with Crippen molar-refractivity contribution in [3.05, 3.63) is 34.9 Å². The van der Waals surface area contributed by atoms with E-state index in [2.05, 4.69) is 33.1 Å². The Kier molecular flexibility index (Phi) is 7.75. The molecule has 0 bridgehead atoms. The van der Waals surface area contributed by atoms with E-state index in [9.17, 15) is 4.79 Å². The maximum absolute atomic E-state index is 12.0. The highest BCUT2D eigenvalue weighted by atomic mass is 35.5. The number of likely N-dealkylation sites (tertiary alicyclic amines) is 1. The zero-order valence-corrected chi connectivity index (χ0v) is 18.2. The first-order valence-electron chi connectivity index (χ1n) is 10.1. The monoisotopic (exact) mass is 422 g/mol. The van der Waals surface area contributed by atoms with Crippen LogP contribution in [-0.2, 0) is 14.3 Å². The molecule has 0 aliphatic carbocycles. The summed E-state index contributed by atoms with van der Waals surface area (Å²) in [6.45, 7) is 7.30. The number of nitrogens with zero attached hydrogens (tertiary/aromatic N) is 3. The van der Waals surface area contributed by atoms with Gasteiger partial charge < -0.3 is 19.7 Å². The van der Waals surface area contributed by atoms with Gasteiger partial charge in [-0.1, -0.05) is 36.7 Å². The van der Waals surface area contributed by atoms with E-state index >= 15 is 0 Å². The van der Waals surface area contributed by atoms with Crippen LogP contribution >= 0.6 is 11.6 Å². The molecule has 0 radical (unpaired) electrons. The van der Waals surface area contributed by atoms with Gasteiger partial charge >= 0.3 is 5.97 Å². The fourth-order valence-electron chi connectivity index (χ4n) is 4.19. The maximum Gasteiger partial charge on any atom is 0.310 e. The maximum atomic E-state index is 12.0. The normalized spacial score (nSPS) is 24.4. The summed E-state index contributed by atoms with van der Waals surface area (Å²) >= 11 is 6.53. The lowest BCUT2D eigenvalue weighted by Crippen LogP contribution is -2.47. The Morgan fingerprint density at radius 1 is 1.34 bits per heavy atom. The van der Waals surface area contributed by atoms with E-state index in [0.717, 1.165) is 49.4 Å². The number of nitrogens with one attached hydrogen (secondary N) is 1. The molecule has 2 heterocycles. The summed E-state index contributed by atoms with van der Waals surface area (Å²) in [5.41, 5.74) is 1.10. The van der Waals surface area contributed by atoms with Gasteiger partial charge in [0.2, 0.25) is 0 Å². The standard InChI is InChI=1S/C21H31ClN4O3/c1-15-13-26(14-17(15)20(27)28-3)21(23-2)24-12-19(25-8-10-29-11-9-25)16-6-4-5-7-18(16)22/h4-7,15,17,19H,8-14H2,1-3H3,(H,23,24). The summed E-state index contributed by atoms with van der Waals surface area (Å²) in [5, 5.41) is 4.28. The smallest absolute Gasteiger partial charge is 0.310 e. The molecular weight excluding hydrogens is 392 g/mol. The van der Waals surface area contributed by atoms with E-state index in [1.165, 1.54) is 7.11 Å². The molecule has 3 rings (SSSR count). The molecule has 0 saturated carbocycles. The second-order valence-corrected chi connectivity index (χ2v) is 8.03. The van der Waals surface area contributed by atoms with Crippen molar-refractivity contribution in [3.63, 3.8) is 0 Å². The van der Waals surface area contributed by atoms with E-state index < -0.39 is 0 Å². The Morgan fingerprint density at radius 2 is 2.07 bits per heavy atom. The molecule has 2 saturated heterocycles. The van der Waals surface area contributed by atoms with Crippen LogP contribution in [0, 0.1) is 11.8 Å². The van der Waals surface area contributed by atoms with Gasteiger partial charge in [0.05, 0.1) is 32.3 Å². The van der Waals surface area contributed by atoms with Crippen LogP contribution in [-0.4, -0.2) is 81.8 Å². The first kappa shape index (κ1) is 21.9. The average Bonchev–Trinajstić information content (AvgIpc) is 3.13. The third-order valence-electron chi connectivity index (χ3n) is 5.83. The highest BCUT2D eigenvalue weighted by Crippen LogP contribution is 2.28. The molecule has 0 aromatic heterocycles. The number of carbonyl (C=O) groups is 1. The van der Waals surface area contributed by atoms with Crippen molar-refractivity contribution in [1.82, 2.24) is 15.1 Å². The molecule has 2 aliphatic heterocycles. The molecule has 8 heteroatoms. The molecule has 3 atom stereocenters. The topological polar surface area (TPSA) is 66.4 Å². The Morgan fingerprint density at radius 3 is 2.72 bits per heavy atom. The first-order chi connectivity index (χ1) is 14.0. The van der Waals surface area contributed by atoms with Crippen LogP contribution in [0.25, 0.3) is 0 Å². The lowest BCUT2D eigenvalue weighted by molar-refractivity contribution is -0.145. The van der Waals surface area contributed by atoms with Crippen LogP contribution in [0.1, 0.15) is 18.5 Å². The Hall–Kier alpha value is -1.83. The molecular formula is C21H31ClN4O3.